The lowest BCUT2D eigenvalue weighted by Gasteiger charge is -2.38. The van der Waals surface area contributed by atoms with E-state index in [2.05, 4.69) is 18.7 Å². The number of aliphatic hydroxyl groups excluding tert-OH is 1. The van der Waals surface area contributed by atoms with E-state index in [1.807, 2.05) is 6.92 Å². The standard InChI is InChI=1S/C12H25NO2/c1-10(14)12(2,3)9-13-7-5-11(15-4)6-8-13/h10-11,14H,5-9H2,1-4H3. The Morgan fingerprint density at radius 2 is 1.93 bits per heavy atom. The maximum absolute atomic E-state index is 9.66. The van der Waals surface area contributed by atoms with Crippen molar-refractivity contribution in [1.29, 1.82) is 0 Å². The molecule has 1 rings (SSSR count). The summed E-state index contributed by atoms with van der Waals surface area (Å²) < 4.78 is 5.34. The summed E-state index contributed by atoms with van der Waals surface area (Å²) in [5.41, 5.74) is -0.0140. The van der Waals surface area contributed by atoms with Gasteiger partial charge in [-0.25, -0.2) is 0 Å². The summed E-state index contributed by atoms with van der Waals surface area (Å²) in [6.45, 7) is 9.28. The van der Waals surface area contributed by atoms with Gasteiger partial charge in [-0.2, -0.15) is 0 Å². The summed E-state index contributed by atoms with van der Waals surface area (Å²) in [6.07, 6.45) is 2.42. The number of hydrogen-bond donors (Lipinski definition) is 1. The maximum Gasteiger partial charge on any atom is 0.0595 e. The molecule has 15 heavy (non-hydrogen) atoms. The number of aliphatic hydroxyl groups is 1. The van der Waals surface area contributed by atoms with Gasteiger partial charge in [0.2, 0.25) is 0 Å². The van der Waals surface area contributed by atoms with Crippen LogP contribution >= 0.6 is 0 Å². The van der Waals surface area contributed by atoms with Crippen LogP contribution < -0.4 is 0 Å². The predicted octanol–water partition coefficient (Wildman–Crippen LogP) is 1.50. The van der Waals surface area contributed by atoms with Crippen LogP contribution in [0.3, 0.4) is 0 Å². The molecule has 0 aliphatic carbocycles. The van der Waals surface area contributed by atoms with Crippen molar-refractivity contribution < 1.29 is 9.84 Å². The van der Waals surface area contributed by atoms with Crippen LogP contribution in [-0.4, -0.2) is 49.0 Å². The average Bonchev–Trinajstić information content (AvgIpc) is 2.18. The minimum atomic E-state index is -0.252. The second-order valence-corrected chi connectivity index (χ2v) is 5.38. The number of hydrogen-bond acceptors (Lipinski definition) is 3. The molecule has 0 spiro atoms. The molecule has 1 N–H and O–H groups in total. The third kappa shape index (κ3) is 3.74. The van der Waals surface area contributed by atoms with E-state index >= 15 is 0 Å². The lowest BCUT2D eigenvalue weighted by atomic mass is 9.86. The van der Waals surface area contributed by atoms with Crippen molar-refractivity contribution in [3.63, 3.8) is 0 Å². The van der Waals surface area contributed by atoms with Crippen molar-refractivity contribution in [1.82, 2.24) is 4.90 Å². The van der Waals surface area contributed by atoms with E-state index in [1.165, 1.54) is 0 Å². The van der Waals surface area contributed by atoms with Gasteiger partial charge in [0.05, 0.1) is 12.2 Å². The molecule has 1 aliphatic rings. The van der Waals surface area contributed by atoms with Crippen molar-refractivity contribution in [2.75, 3.05) is 26.7 Å². The smallest absolute Gasteiger partial charge is 0.0595 e. The lowest BCUT2D eigenvalue weighted by molar-refractivity contribution is 0.000444. The molecule has 0 aromatic heterocycles. The summed E-state index contributed by atoms with van der Waals surface area (Å²) in [7, 11) is 1.79. The second-order valence-electron chi connectivity index (χ2n) is 5.38. The molecule has 0 bridgehead atoms. The highest BCUT2D eigenvalue weighted by atomic mass is 16.5. The molecule has 3 heteroatoms. The quantitative estimate of drug-likeness (QED) is 0.771. The number of piperidine rings is 1. The number of nitrogens with zero attached hydrogens (tertiary/aromatic N) is 1. The molecule has 3 nitrogen and oxygen atoms in total. The molecule has 1 aliphatic heterocycles. The minimum Gasteiger partial charge on any atom is -0.393 e. The van der Waals surface area contributed by atoms with Crippen LogP contribution in [0, 0.1) is 5.41 Å². The van der Waals surface area contributed by atoms with Crippen LogP contribution in [-0.2, 0) is 4.74 Å². The van der Waals surface area contributed by atoms with Crippen molar-refractivity contribution in [2.24, 2.45) is 5.41 Å². The fourth-order valence-electron chi connectivity index (χ4n) is 2.01. The number of methoxy groups -OCH3 is 1. The molecule has 90 valence electrons. The first-order valence-corrected chi connectivity index (χ1v) is 5.89. The fourth-order valence-corrected chi connectivity index (χ4v) is 2.01. The Bertz CT molecular complexity index is 184. The monoisotopic (exact) mass is 215 g/mol. The van der Waals surface area contributed by atoms with Crippen molar-refractivity contribution in [3.8, 4) is 0 Å². The van der Waals surface area contributed by atoms with Gasteiger partial charge in [0.1, 0.15) is 0 Å². The highest BCUT2D eigenvalue weighted by Gasteiger charge is 2.29. The Hall–Kier alpha value is -0.120. The van der Waals surface area contributed by atoms with Gasteiger partial charge in [0, 0.05) is 32.2 Å². The molecule has 1 saturated heterocycles. The molecular weight excluding hydrogens is 190 g/mol. The third-order valence-electron chi connectivity index (χ3n) is 3.63. The van der Waals surface area contributed by atoms with Crippen LogP contribution in [0.25, 0.3) is 0 Å². The molecular formula is C12H25NO2. The topological polar surface area (TPSA) is 32.7 Å². The molecule has 0 radical (unpaired) electrons. The molecule has 0 aromatic rings. The SMILES string of the molecule is COC1CCN(CC(C)(C)C(C)O)CC1. The minimum absolute atomic E-state index is 0.0140. The highest BCUT2D eigenvalue weighted by Crippen LogP contribution is 2.24. The fraction of sp³-hybridized carbons (Fsp3) is 1.00. The Morgan fingerprint density at radius 3 is 2.33 bits per heavy atom. The van der Waals surface area contributed by atoms with Gasteiger partial charge in [-0.05, 0) is 19.8 Å². The Kier molecular flexibility index (Phi) is 4.56. The highest BCUT2D eigenvalue weighted by molar-refractivity contribution is 4.81. The van der Waals surface area contributed by atoms with Gasteiger partial charge < -0.3 is 14.7 Å². The number of rotatable bonds is 4. The van der Waals surface area contributed by atoms with E-state index in [1.54, 1.807) is 7.11 Å². The van der Waals surface area contributed by atoms with E-state index < -0.39 is 0 Å². The van der Waals surface area contributed by atoms with Gasteiger partial charge in [0.15, 0.2) is 0 Å². The first kappa shape index (κ1) is 12.9. The number of ether oxygens (including phenoxy) is 1. The van der Waals surface area contributed by atoms with E-state index in [0.717, 1.165) is 32.5 Å². The predicted molar refractivity (Wildman–Crippen MR) is 61.9 cm³/mol. The zero-order valence-corrected chi connectivity index (χ0v) is 10.5. The zero-order valence-electron chi connectivity index (χ0n) is 10.5. The molecule has 0 aromatic carbocycles. The normalized spacial score (nSPS) is 23.0. The van der Waals surface area contributed by atoms with Gasteiger partial charge in [0.25, 0.3) is 0 Å². The Labute approximate surface area is 93.4 Å². The van der Waals surface area contributed by atoms with Crippen LogP contribution in [0.4, 0.5) is 0 Å². The molecule has 1 heterocycles. The van der Waals surface area contributed by atoms with E-state index in [4.69, 9.17) is 4.74 Å². The second kappa shape index (κ2) is 5.28. The van der Waals surface area contributed by atoms with Gasteiger partial charge in [-0.1, -0.05) is 13.8 Å². The summed E-state index contributed by atoms with van der Waals surface area (Å²) in [6, 6.07) is 0. The van der Waals surface area contributed by atoms with Crippen LogP contribution in [0.15, 0.2) is 0 Å². The zero-order chi connectivity index (χ0) is 11.5. The van der Waals surface area contributed by atoms with E-state index in [0.29, 0.717) is 6.10 Å². The van der Waals surface area contributed by atoms with Crippen molar-refractivity contribution in [2.45, 2.75) is 45.8 Å². The Balaban J connectivity index is 2.35. The van der Waals surface area contributed by atoms with Crippen molar-refractivity contribution in [3.05, 3.63) is 0 Å². The molecule has 1 unspecified atom stereocenters. The summed E-state index contributed by atoms with van der Waals surface area (Å²) in [5.74, 6) is 0. The first-order chi connectivity index (χ1) is 6.95. The van der Waals surface area contributed by atoms with Crippen LogP contribution in [0.5, 0.6) is 0 Å². The Morgan fingerprint density at radius 1 is 1.40 bits per heavy atom. The number of likely N-dealkylation sites (tertiary alicyclic amines) is 1. The lowest BCUT2D eigenvalue weighted by Crippen LogP contribution is -2.45. The summed E-state index contributed by atoms with van der Waals surface area (Å²) in [4.78, 5) is 2.43. The van der Waals surface area contributed by atoms with E-state index in [9.17, 15) is 5.11 Å². The maximum atomic E-state index is 9.66. The van der Waals surface area contributed by atoms with Gasteiger partial charge in [-0.15, -0.1) is 0 Å². The molecule has 1 fully saturated rings. The summed E-state index contributed by atoms with van der Waals surface area (Å²) >= 11 is 0. The van der Waals surface area contributed by atoms with E-state index in [-0.39, 0.29) is 11.5 Å². The van der Waals surface area contributed by atoms with Gasteiger partial charge in [-0.3, -0.25) is 0 Å². The van der Waals surface area contributed by atoms with Gasteiger partial charge >= 0.3 is 0 Å². The first-order valence-electron chi connectivity index (χ1n) is 5.89. The van der Waals surface area contributed by atoms with Crippen LogP contribution in [0.1, 0.15) is 33.6 Å². The largest absolute Gasteiger partial charge is 0.393 e. The molecule has 1 atom stereocenters. The van der Waals surface area contributed by atoms with Crippen LogP contribution in [0.2, 0.25) is 0 Å². The van der Waals surface area contributed by atoms with Crippen molar-refractivity contribution >= 4 is 0 Å². The summed E-state index contributed by atoms with van der Waals surface area (Å²) in [5, 5.41) is 9.66. The molecule has 0 saturated carbocycles. The molecule has 0 amide bonds. The average molecular weight is 215 g/mol. The third-order valence-corrected chi connectivity index (χ3v) is 3.63.